The van der Waals surface area contributed by atoms with Gasteiger partial charge in [-0.15, -0.1) is 0 Å². The summed E-state index contributed by atoms with van der Waals surface area (Å²) in [5.74, 6) is -0.613. The Hall–Kier alpha value is -1.17. The molecule has 0 radical (unpaired) electrons. The first-order valence-electron chi connectivity index (χ1n) is 5.33. The van der Waals surface area contributed by atoms with Crippen LogP contribution in [-0.4, -0.2) is 18.0 Å². The van der Waals surface area contributed by atoms with E-state index in [-0.39, 0.29) is 23.0 Å². The average molecular weight is 258 g/mol. The number of carbonyl (C=O) groups excluding carboxylic acids is 1. The predicted octanol–water partition coefficient (Wildman–Crippen LogP) is 1.67. The summed E-state index contributed by atoms with van der Waals surface area (Å²) in [6.07, 6.45) is 0.699. The summed E-state index contributed by atoms with van der Waals surface area (Å²) in [7, 11) is 0. The molecule has 0 aromatic heterocycles. The Kier molecular flexibility index (Phi) is 3.61. The molecule has 0 spiro atoms. The van der Waals surface area contributed by atoms with E-state index in [9.17, 15) is 9.18 Å². The van der Waals surface area contributed by atoms with Crippen LogP contribution in [0.5, 0.6) is 0 Å². The highest BCUT2D eigenvalue weighted by atomic mass is 35.5. The highest BCUT2D eigenvalue weighted by Gasteiger charge is 2.26. The molecule has 0 aliphatic carbocycles. The van der Waals surface area contributed by atoms with Crippen molar-refractivity contribution in [3.63, 3.8) is 0 Å². The summed E-state index contributed by atoms with van der Waals surface area (Å²) >= 11 is 5.82. The summed E-state index contributed by atoms with van der Waals surface area (Å²) in [6.45, 7) is 1.98. The van der Waals surface area contributed by atoms with Crippen molar-refractivity contribution in [3.05, 3.63) is 29.0 Å². The van der Waals surface area contributed by atoms with Crippen molar-refractivity contribution in [2.75, 3.05) is 5.32 Å². The van der Waals surface area contributed by atoms with Gasteiger partial charge in [0.15, 0.2) is 0 Å². The minimum Gasteiger partial charge on any atom is -0.323 e. The first kappa shape index (κ1) is 12.3. The van der Waals surface area contributed by atoms with E-state index in [0.717, 1.165) is 0 Å². The number of benzene rings is 1. The number of hydrazine groups is 1. The van der Waals surface area contributed by atoms with Gasteiger partial charge in [0.1, 0.15) is 11.9 Å². The number of hydrogen-bond acceptors (Lipinski definition) is 3. The summed E-state index contributed by atoms with van der Waals surface area (Å²) < 4.78 is 12.8. The van der Waals surface area contributed by atoms with Crippen molar-refractivity contribution in [2.45, 2.75) is 25.4 Å². The van der Waals surface area contributed by atoms with Crippen LogP contribution in [0.15, 0.2) is 18.2 Å². The molecule has 4 nitrogen and oxygen atoms in total. The van der Waals surface area contributed by atoms with Gasteiger partial charge in [-0.05, 0) is 31.5 Å². The number of nitrogens with one attached hydrogen (secondary N) is 3. The van der Waals surface area contributed by atoms with Crippen LogP contribution in [0.1, 0.15) is 13.3 Å². The molecular weight excluding hydrogens is 245 g/mol. The van der Waals surface area contributed by atoms with Gasteiger partial charge in [-0.1, -0.05) is 11.6 Å². The van der Waals surface area contributed by atoms with E-state index in [0.29, 0.717) is 12.1 Å². The lowest BCUT2D eigenvalue weighted by Gasteiger charge is -2.11. The van der Waals surface area contributed by atoms with Crippen molar-refractivity contribution in [2.24, 2.45) is 0 Å². The quantitative estimate of drug-likeness (QED) is 0.756. The molecule has 2 unspecified atom stereocenters. The Balaban J connectivity index is 2.03. The molecule has 2 atom stereocenters. The van der Waals surface area contributed by atoms with Gasteiger partial charge >= 0.3 is 0 Å². The summed E-state index contributed by atoms with van der Waals surface area (Å²) in [6, 6.07) is 3.81. The monoisotopic (exact) mass is 257 g/mol. The van der Waals surface area contributed by atoms with Crippen molar-refractivity contribution in [1.82, 2.24) is 10.9 Å². The zero-order valence-electron chi connectivity index (χ0n) is 9.26. The van der Waals surface area contributed by atoms with E-state index in [4.69, 9.17) is 11.6 Å². The predicted molar refractivity (Wildman–Crippen MR) is 64.2 cm³/mol. The molecule has 1 aromatic carbocycles. The van der Waals surface area contributed by atoms with Crippen molar-refractivity contribution in [3.8, 4) is 0 Å². The van der Waals surface area contributed by atoms with Gasteiger partial charge in [0.25, 0.3) is 0 Å². The second kappa shape index (κ2) is 5.00. The van der Waals surface area contributed by atoms with Gasteiger partial charge in [0.2, 0.25) is 5.91 Å². The van der Waals surface area contributed by atoms with Gasteiger partial charge in [-0.25, -0.2) is 9.82 Å². The van der Waals surface area contributed by atoms with Crippen molar-refractivity contribution < 1.29 is 9.18 Å². The van der Waals surface area contributed by atoms with Crippen LogP contribution < -0.4 is 16.2 Å². The van der Waals surface area contributed by atoms with Crippen LogP contribution >= 0.6 is 11.6 Å². The molecule has 1 saturated heterocycles. The van der Waals surface area contributed by atoms with E-state index in [1.165, 1.54) is 18.2 Å². The number of carbonyl (C=O) groups is 1. The van der Waals surface area contributed by atoms with Crippen LogP contribution in [0.25, 0.3) is 0 Å². The third kappa shape index (κ3) is 2.94. The maximum absolute atomic E-state index is 12.8. The van der Waals surface area contributed by atoms with Crippen molar-refractivity contribution >= 4 is 23.2 Å². The van der Waals surface area contributed by atoms with E-state index in [1.54, 1.807) is 0 Å². The lowest BCUT2D eigenvalue weighted by atomic mass is 10.1. The number of halogens is 2. The van der Waals surface area contributed by atoms with Gasteiger partial charge in [0.05, 0.1) is 10.7 Å². The Morgan fingerprint density at radius 3 is 2.88 bits per heavy atom. The second-order valence-corrected chi connectivity index (χ2v) is 4.50. The summed E-state index contributed by atoms with van der Waals surface area (Å²) in [5.41, 5.74) is 6.25. The fourth-order valence-corrected chi connectivity index (χ4v) is 1.91. The maximum Gasteiger partial charge on any atom is 0.242 e. The van der Waals surface area contributed by atoms with Gasteiger partial charge in [-0.3, -0.25) is 10.2 Å². The van der Waals surface area contributed by atoms with Gasteiger partial charge in [0, 0.05) is 6.04 Å². The summed E-state index contributed by atoms with van der Waals surface area (Å²) in [4.78, 5) is 11.8. The van der Waals surface area contributed by atoms with E-state index in [2.05, 4.69) is 16.2 Å². The fraction of sp³-hybridized carbons (Fsp3) is 0.364. The molecule has 1 aromatic rings. The molecule has 17 heavy (non-hydrogen) atoms. The summed E-state index contributed by atoms with van der Waals surface area (Å²) in [5, 5.41) is 2.85. The molecule has 1 aliphatic heterocycles. The minimum absolute atomic E-state index is 0.185. The normalized spacial score (nSPS) is 23.7. The largest absolute Gasteiger partial charge is 0.323 e. The molecule has 2 rings (SSSR count). The van der Waals surface area contributed by atoms with E-state index >= 15 is 0 Å². The molecule has 6 heteroatoms. The SMILES string of the molecule is CC1CC(C(=O)Nc2ccc(F)cc2Cl)NN1. The maximum atomic E-state index is 12.8. The fourth-order valence-electron chi connectivity index (χ4n) is 1.70. The number of hydrogen-bond donors (Lipinski definition) is 3. The molecule has 0 saturated carbocycles. The van der Waals surface area contributed by atoms with E-state index in [1.807, 2.05) is 6.92 Å². The molecule has 1 fully saturated rings. The molecule has 3 N–H and O–H groups in total. The molecular formula is C11H13ClFN3O. The van der Waals surface area contributed by atoms with Crippen LogP contribution in [0.3, 0.4) is 0 Å². The van der Waals surface area contributed by atoms with Crippen molar-refractivity contribution in [1.29, 1.82) is 0 Å². The minimum atomic E-state index is -0.428. The molecule has 92 valence electrons. The highest BCUT2D eigenvalue weighted by molar-refractivity contribution is 6.33. The second-order valence-electron chi connectivity index (χ2n) is 4.09. The Labute approximate surface area is 104 Å². The van der Waals surface area contributed by atoms with Gasteiger partial charge in [-0.2, -0.15) is 0 Å². The average Bonchev–Trinajstić information content (AvgIpc) is 2.69. The van der Waals surface area contributed by atoms with Crippen LogP contribution in [0.2, 0.25) is 5.02 Å². The Bertz CT molecular complexity index is 441. The van der Waals surface area contributed by atoms with Gasteiger partial charge < -0.3 is 5.32 Å². The van der Waals surface area contributed by atoms with Crippen LogP contribution in [0.4, 0.5) is 10.1 Å². The smallest absolute Gasteiger partial charge is 0.242 e. The number of amides is 1. The van der Waals surface area contributed by atoms with Crippen LogP contribution in [0, 0.1) is 5.82 Å². The zero-order valence-corrected chi connectivity index (χ0v) is 10.0. The van der Waals surface area contributed by atoms with Crippen LogP contribution in [-0.2, 0) is 4.79 Å². The highest BCUT2D eigenvalue weighted by Crippen LogP contribution is 2.22. The lowest BCUT2D eigenvalue weighted by molar-refractivity contribution is -0.117. The molecule has 0 bridgehead atoms. The zero-order chi connectivity index (χ0) is 12.4. The number of rotatable bonds is 2. The topological polar surface area (TPSA) is 53.2 Å². The first-order chi connectivity index (χ1) is 8.06. The third-order valence-electron chi connectivity index (χ3n) is 2.60. The lowest BCUT2D eigenvalue weighted by Crippen LogP contribution is -2.40. The molecule has 1 amide bonds. The third-order valence-corrected chi connectivity index (χ3v) is 2.91. The Morgan fingerprint density at radius 1 is 1.53 bits per heavy atom. The van der Waals surface area contributed by atoms with E-state index < -0.39 is 5.82 Å². The molecule has 1 aliphatic rings. The first-order valence-corrected chi connectivity index (χ1v) is 5.71. The number of anilines is 1. The standard InChI is InChI=1S/C11H13ClFN3O/c1-6-4-10(16-15-6)11(17)14-9-3-2-7(13)5-8(9)12/h2-3,5-6,10,15-16H,4H2,1H3,(H,14,17). The molecule has 1 heterocycles. The Morgan fingerprint density at radius 2 is 2.29 bits per heavy atom.